The molecule has 3 rings (SSSR count). The van der Waals surface area contributed by atoms with Crippen LogP contribution in [0.5, 0.6) is 0 Å². The lowest BCUT2D eigenvalue weighted by Crippen LogP contribution is -2.45. The summed E-state index contributed by atoms with van der Waals surface area (Å²) in [6.07, 6.45) is 4.48. The maximum absolute atomic E-state index is 13.0. The Bertz CT molecular complexity index is 994. The molecule has 29 heavy (non-hydrogen) atoms. The molecule has 160 valence electrons. The molecule has 1 saturated heterocycles. The molecule has 3 heterocycles. The van der Waals surface area contributed by atoms with E-state index in [1.165, 1.54) is 10.5 Å². The van der Waals surface area contributed by atoms with Crippen molar-refractivity contribution in [3.63, 3.8) is 0 Å². The molecule has 2 aromatic rings. The first-order valence-corrected chi connectivity index (χ1v) is 11.4. The Labute approximate surface area is 172 Å². The summed E-state index contributed by atoms with van der Waals surface area (Å²) in [7, 11) is -1.96. The minimum absolute atomic E-state index is 0.121. The molecule has 10 heteroatoms. The molecule has 0 bridgehead atoms. The van der Waals surface area contributed by atoms with E-state index in [9.17, 15) is 13.2 Å². The van der Waals surface area contributed by atoms with Gasteiger partial charge in [-0.2, -0.15) is 14.5 Å². The maximum Gasteiger partial charge on any atom is 0.246 e. The number of sulfonamides is 1. The van der Waals surface area contributed by atoms with Crippen LogP contribution in [0.4, 0.5) is 0 Å². The quantitative estimate of drug-likeness (QED) is 0.761. The minimum Gasteiger partial charge on any atom is -0.349 e. The number of aromatic nitrogens is 4. The Morgan fingerprint density at radius 2 is 2.00 bits per heavy atom. The van der Waals surface area contributed by atoms with Crippen LogP contribution in [-0.2, 0) is 28.4 Å². The van der Waals surface area contributed by atoms with E-state index < -0.39 is 10.0 Å². The number of carbonyl (C=O) groups excluding carboxylic acids is 1. The first-order valence-electron chi connectivity index (χ1n) is 9.98. The monoisotopic (exact) mass is 422 g/mol. The zero-order valence-electron chi connectivity index (χ0n) is 17.7. The van der Waals surface area contributed by atoms with Crippen molar-refractivity contribution in [1.82, 2.24) is 29.2 Å². The molecule has 0 aromatic carbocycles. The second kappa shape index (κ2) is 8.27. The average molecular weight is 423 g/mol. The highest BCUT2D eigenvalue weighted by molar-refractivity contribution is 7.89. The highest BCUT2D eigenvalue weighted by atomic mass is 32.2. The number of piperidine rings is 1. The molecule has 1 aliphatic rings. The number of rotatable bonds is 6. The normalized spacial score (nSPS) is 19.3. The van der Waals surface area contributed by atoms with E-state index in [0.717, 1.165) is 17.8 Å². The fraction of sp³-hybridized carbons (Fsp3) is 0.632. The molecule has 1 amide bonds. The number of hydrogen-bond acceptors (Lipinski definition) is 5. The van der Waals surface area contributed by atoms with E-state index in [1.807, 2.05) is 25.5 Å². The lowest BCUT2D eigenvalue weighted by atomic mass is 9.98. The summed E-state index contributed by atoms with van der Waals surface area (Å²) in [6, 6.07) is -0.185. The lowest BCUT2D eigenvalue weighted by molar-refractivity contribution is -0.126. The Balaban J connectivity index is 1.70. The maximum atomic E-state index is 13.0. The van der Waals surface area contributed by atoms with Crippen LogP contribution >= 0.6 is 0 Å². The number of nitrogens with zero attached hydrogens (tertiary/aromatic N) is 5. The van der Waals surface area contributed by atoms with Gasteiger partial charge in [-0.1, -0.05) is 0 Å². The zero-order chi connectivity index (χ0) is 21.3. The molecule has 0 aliphatic carbocycles. The lowest BCUT2D eigenvalue weighted by Gasteiger charge is -2.31. The second-order valence-electron chi connectivity index (χ2n) is 7.65. The standard InChI is InChI=1S/C19H30N6O3S/c1-6-25-14(3)17(10-21-25)13(2)22-19(26)16-8-7-9-24(12-16)29(27,28)18-11-20-23(5)15(18)4/h10-11,13,16H,6-9,12H2,1-5H3,(H,22,26)/t13-,16+/m0/s1. The van der Waals surface area contributed by atoms with Gasteiger partial charge in [0, 0.05) is 37.9 Å². The first-order chi connectivity index (χ1) is 13.7. The summed E-state index contributed by atoms with van der Waals surface area (Å²) in [4.78, 5) is 13.1. The largest absolute Gasteiger partial charge is 0.349 e. The predicted molar refractivity (Wildman–Crippen MR) is 109 cm³/mol. The van der Waals surface area contributed by atoms with Crippen LogP contribution in [0.3, 0.4) is 0 Å². The number of carbonyl (C=O) groups is 1. The van der Waals surface area contributed by atoms with Crippen molar-refractivity contribution in [2.24, 2.45) is 13.0 Å². The molecule has 2 atom stereocenters. The Hall–Kier alpha value is -2.20. The molecule has 1 aliphatic heterocycles. The number of hydrogen-bond donors (Lipinski definition) is 1. The van der Waals surface area contributed by atoms with E-state index in [1.54, 1.807) is 24.9 Å². The van der Waals surface area contributed by atoms with Gasteiger partial charge in [0.05, 0.1) is 30.0 Å². The fourth-order valence-corrected chi connectivity index (χ4v) is 5.57. The van der Waals surface area contributed by atoms with Crippen LogP contribution < -0.4 is 5.32 Å². The fourth-order valence-electron chi connectivity index (χ4n) is 3.86. The third-order valence-electron chi connectivity index (χ3n) is 5.83. The second-order valence-corrected chi connectivity index (χ2v) is 9.56. The van der Waals surface area contributed by atoms with Crippen molar-refractivity contribution in [2.45, 2.75) is 58.0 Å². The van der Waals surface area contributed by atoms with Gasteiger partial charge in [-0.15, -0.1) is 0 Å². The van der Waals surface area contributed by atoms with Gasteiger partial charge in [0.15, 0.2) is 0 Å². The molecular formula is C19H30N6O3S. The average Bonchev–Trinajstić information content (AvgIpc) is 3.24. The van der Waals surface area contributed by atoms with Gasteiger partial charge in [0.2, 0.25) is 15.9 Å². The van der Waals surface area contributed by atoms with E-state index in [4.69, 9.17) is 0 Å². The van der Waals surface area contributed by atoms with Gasteiger partial charge >= 0.3 is 0 Å². The third kappa shape index (κ3) is 4.09. The minimum atomic E-state index is -3.67. The van der Waals surface area contributed by atoms with Crippen molar-refractivity contribution in [3.05, 3.63) is 29.3 Å². The van der Waals surface area contributed by atoms with Gasteiger partial charge in [0.1, 0.15) is 4.90 Å². The topological polar surface area (TPSA) is 102 Å². The van der Waals surface area contributed by atoms with Crippen molar-refractivity contribution in [2.75, 3.05) is 13.1 Å². The summed E-state index contributed by atoms with van der Waals surface area (Å²) < 4.78 is 30.9. The Kier molecular flexibility index (Phi) is 6.13. The van der Waals surface area contributed by atoms with Gasteiger partial charge in [0.25, 0.3) is 0 Å². The van der Waals surface area contributed by atoms with Crippen LogP contribution in [0, 0.1) is 19.8 Å². The van der Waals surface area contributed by atoms with Gasteiger partial charge < -0.3 is 5.32 Å². The highest BCUT2D eigenvalue weighted by Gasteiger charge is 2.35. The van der Waals surface area contributed by atoms with E-state index >= 15 is 0 Å². The number of nitrogens with one attached hydrogen (secondary N) is 1. The van der Waals surface area contributed by atoms with Crippen molar-refractivity contribution in [3.8, 4) is 0 Å². The Morgan fingerprint density at radius 3 is 2.59 bits per heavy atom. The van der Waals surface area contributed by atoms with E-state index in [2.05, 4.69) is 15.5 Å². The first kappa shape index (κ1) is 21.5. The summed E-state index contributed by atoms with van der Waals surface area (Å²) in [5, 5.41) is 11.4. The highest BCUT2D eigenvalue weighted by Crippen LogP contribution is 2.26. The van der Waals surface area contributed by atoms with E-state index in [-0.39, 0.29) is 29.3 Å². The van der Waals surface area contributed by atoms with Gasteiger partial charge in [-0.25, -0.2) is 8.42 Å². The van der Waals surface area contributed by atoms with Crippen LogP contribution in [0.25, 0.3) is 0 Å². The van der Waals surface area contributed by atoms with Crippen LogP contribution in [0.15, 0.2) is 17.3 Å². The zero-order valence-corrected chi connectivity index (χ0v) is 18.5. The molecule has 9 nitrogen and oxygen atoms in total. The molecule has 0 unspecified atom stereocenters. The SMILES string of the molecule is CCn1ncc([C@H](C)NC(=O)[C@@H]2CCCN(S(=O)(=O)c3cnn(C)c3C)C2)c1C. The molecule has 1 fully saturated rings. The summed E-state index contributed by atoms with van der Waals surface area (Å²) in [5.41, 5.74) is 2.60. The van der Waals surface area contributed by atoms with Crippen LogP contribution in [-0.4, -0.2) is 51.3 Å². The van der Waals surface area contributed by atoms with Gasteiger partial charge in [-0.05, 0) is 40.5 Å². The number of amides is 1. The third-order valence-corrected chi connectivity index (χ3v) is 7.80. The van der Waals surface area contributed by atoms with Crippen LogP contribution in [0.2, 0.25) is 0 Å². The number of aryl methyl sites for hydroxylation is 2. The molecule has 0 spiro atoms. The summed E-state index contributed by atoms with van der Waals surface area (Å²) in [5.74, 6) is -0.497. The van der Waals surface area contributed by atoms with E-state index in [0.29, 0.717) is 25.1 Å². The molecule has 1 N–H and O–H groups in total. The smallest absolute Gasteiger partial charge is 0.246 e. The van der Waals surface area contributed by atoms with Gasteiger partial charge in [-0.3, -0.25) is 14.2 Å². The molecule has 0 saturated carbocycles. The van der Waals surface area contributed by atoms with Crippen molar-refractivity contribution >= 4 is 15.9 Å². The summed E-state index contributed by atoms with van der Waals surface area (Å²) >= 11 is 0. The van der Waals surface area contributed by atoms with Crippen molar-refractivity contribution in [1.29, 1.82) is 0 Å². The summed E-state index contributed by atoms with van der Waals surface area (Å²) in [6.45, 7) is 9.04. The predicted octanol–water partition coefficient (Wildman–Crippen LogP) is 1.53. The Morgan fingerprint density at radius 1 is 1.28 bits per heavy atom. The van der Waals surface area contributed by atoms with Crippen molar-refractivity contribution < 1.29 is 13.2 Å². The molecule has 2 aromatic heterocycles. The molecule has 0 radical (unpaired) electrons. The van der Waals surface area contributed by atoms with Crippen LogP contribution in [0.1, 0.15) is 49.7 Å². The molecular weight excluding hydrogens is 392 g/mol.